The van der Waals surface area contributed by atoms with Gasteiger partial charge in [-0.2, -0.15) is 54.0 Å². The fourth-order valence-corrected chi connectivity index (χ4v) is 2.59. The van der Waals surface area contributed by atoms with Gasteiger partial charge in [-0.1, -0.05) is 40.4 Å². The van der Waals surface area contributed by atoms with Crippen LogP contribution in [0.1, 0.15) is 28.2 Å². The third kappa shape index (κ3) is 28.3. The van der Waals surface area contributed by atoms with Crippen LogP contribution in [0.2, 0.25) is 6.04 Å². The molecule has 0 saturated heterocycles. The maximum absolute atomic E-state index is 5.17. The summed E-state index contributed by atoms with van der Waals surface area (Å²) in [5, 5.41) is 0. The largest absolute Gasteiger partial charge is 0.500 e. The monoisotopic (exact) mass is 393 g/mol. The normalized spacial score (nSPS) is 6.95. The predicted octanol–water partition coefficient (Wildman–Crippen LogP) is 2.90. The zero-order valence-corrected chi connectivity index (χ0v) is 16.5. The lowest BCUT2D eigenvalue weighted by Gasteiger charge is -2.23. The Labute approximate surface area is 154 Å². The molecule has 0 amide bonds. The molecule has 19 heavy (non-hydrogen) atoms. The molecule has 0 aliphatic heterocycles. The van der Waals surface area contributed by atoms with Crippen molar-refractivity contribution >= 4 is 80.5 Å². The molecule has 0 fully saturated rings. The Morgan fingerprint density at radius 3 is 1.21 bits per heavy atom. The van der Waals surface area contributed by atoms with Crippen LogP contribution >= 0.6 is 66.2 Å². The van der Waals surface area contributed by atoms with E-state index in [9.17, 15) is 0 Å². The molecular formula is C9H35NO3S5Si. The summed E-state index contributed by atoms with van der Waals surface area (Å²) in [6.45, 7) is 2.08. The maximum Gasteiger partial charge on any atom is 0.500 e. The van der Waals surface area contributed by atoms with Gasteiger partial charge >= 0.3 is 8.80 Å². The standard InChI is InChI=1S/C6H16O3Si.CH3NS.2CH4.4H2S/c1-5-6-10(7-2,8-3)9-4;2-1-3;;;;;;/h5-6H2,1-4H3;1H,(H2,2,3);2*1H4;4*1H2. The molecule has 0 unspecified atom stereocenters. The fourth-order valence-electron chi connectivity index (χ4n) is 0.862. The van der Waals surface area contributed by atoms with Gasteiger partial charge in [-0.05, 0) is 0 Å². The van der Waals surface area contributed by atoms with Gasteiger partial charge in [0.1, 0.15) is 0 Å². The van der Waals surface area contributed by atoms with E-state index in [1.807, 2.05) is 0 Å². The molecule has 0 heterocycles. The summed E-state index contributed by atoms with van der Waals surface area (Å²) < 4.78 is 15.5. The van der Waals surface area contributed by atoms with E-state index in [1.165, 1.54) is 0 Å². The van der Waals surface area contributed by atoms with Crippen LogP contribution in [0, 0.1) is 0 Å². The number of hydrogen-bond acceptors (Lipinski definition) is 4. The Balaban J connectivity index is -0.0000000206. The zero-order valence-electron chi connectivity index (χ0n) is 10.7. The van der Waals surface area contributed by atoms with Crippen LogP contribution in [0.4, 0.5) is 0 Å². The molecule has 0 saturated carbocycles. The second kappa shape index (κ2) is 36.6. The van der Waals surface area contributed by atoms with Crippen molar-refractivity contribution in [3.63, 3.8) is 0 Å². The average Bonchev–Trinajstić information content (AvgIpc) is 2.16. The highest BCUT2D eigenvalue weighted by Gasteiger charge is 2.36. The molecule has 10 heteroatoms. The molecule has 0 aliphatic carbocycles. The first-order valence-corrected chi connectivity index (χ1v) is 6.37. The van der Waals surface area contributed by atoms with E-state index in [4.69, 9.17) is 13.3 Å². The van der Waals surface area contributed by atoms with E-state index in [1.54, 1.807) is 21.3 Å². The second-order valence-electron chi connectivity index (χ2n) is 2.18. The van der Waals surface area contributed by atoms with E-state index in [2.05, 4.69) is 24.9 Å². The minimum Gasteiger partial charge on any atom is -0.396 e. The van der Waals surface area contributed by atoms with Crippen molar-refractivity contribution in [2.45, 2.75) is 34.2 Å². The van der Waals surface area contributed by atoms with E-state index in [0.717, 1.165) is 18.0 Å². The van der Waals surface area contributed by atoms with Crippen molar-refractivity contribution in [3.8, 4) is 0 Å². The lowest BCUT2D eigenvalue weighted by Crippen LogP contribution is -2.42. The molecule has 0 aliphatic rings. The SMILES string of the molecule is C.C.CCC[Si](OC)(OC)OC.NC=S.S.S.S.S. The molecule has 0 atom stereocenters. The molecule has 0 radical (unpaired) electrons. The number of hydrogen-bond donors (Lipinski definition) is 1. The van der Waals surface area contributed by atoms with Gasteiger partial charge in [-0.3, -0.25) is 0 Å². The predicted molar refractivity (Wildman–Crippen MR) is 115 cm³/mol. The molecule has 0 aromatic rings. The topological polar surface area (TPSA) is 53.7 Å². The van der Waals surface area contributed by atoms with Crippen LogP contribution in [0.25, 0.3) is 0 Å². The molecule has 0 spiro atoms. The van der Waals surface area contributed by atoms with E-state index >= 15 is 0 Å². The molecule has 0 aromatic carbocycles. The van der Waals surface area contributed by atoms with Crippen molar-refractivity contribution in [2.24, 2.45) is 5.73 Å². The summed E-state index contributed by atoms with van der Waals surface area (Å²) in [4.78, 5) is 0. The van der Waals surface area contributed by atoms with Gasteiger partial charge in [0.2, 0.25) is 0 Å². The van der Waals surface area contributed by atoms with Gasteiger partial charge in [-0.15, -0.1) is 0 Å². The van der Waals surface area contributed by atoms with Crippen LogP contribution in [0.3, 0.4) is 0 Å². The number of nitrogens with two attached hydrogens (primary N) is 1. The molecule has 0 bridgehead atoms. The Kier molecular flexibility index (Phi) is 96.1. The highest BCUT2D eigenvalue weighted by atomic mass is 32.1. The molecule has 128 valence electrons. The van der Waals surface area contributed by atoms with Gasteiger partial charge < -0.3 is 19.0 Å². The first kappa shape index (κ1) is 49.9. The Bertz CT molecular complexity index is 126. The van der Waals surface area contributed by atoms with Crippen molar-refractivity contribution in [2.75, 3.05) is 21.3 Å². The minimum atomic E-state index is -2.22. The van der Waals surface area contributed by atoms with Crippen molar-refractivity contribution in [1.82, 2.24) is 0 Å². The van der Waals surface area contributed by atoms with Crippen LogP contribution in [-0.4, -0.2) is 35.6 Å². The Hall–Kier alpha value is 1.39. The van der Waals surface area contributed by atoms with Crippen molar-refractivity contribution in [1.29, 1.82) is 0 Å². The zero-order chi connectivity index (χ0) is 10.7. The number of thiocarbonyl (C=S) groups is 1. The van der Waals surface area contributed by atoms with Crippen LogP contribution in [0.5, 0.6) is 0 Å². The van der Waals surface area contributed by atoms with Gasteiger partial charge in [0.25, 0.3) is 0 Å². The van der Waals surface area contributed by atoms with Crippen LogP contribution < -0.4 is 5.73 Å². The average molecular weight is 394 g/mol. The first-order chi connectivity index (χ1) is 6.16. The van der Waals surface area contributed by atoms with E-state index in [-0.39, 0.29) is 68.8 Å². The fraction of sp³-hybridized carbons (Fsp3) is 0.889. The quantitative estimate of drug-likeness (QED) is 0.575. The third-order valence-corrected chi connectivity index (χ3v) is 4.47. The van der Waals surface area contributed by atoms with Gasteiger partial charge in [0, 0.05) is 27.4 Å². The smallest absolute Gasteiger partial charge is 0.396 e. The molecule has 0 rings (SSSR count). The Morgan fingerprint density at radius 2 is 1.16 bits per heavy atom. The number of rotatable bonds is 5. The highest BCUT2D eigenvalue weighted by molar-refractivity contribution is 7.78. The summed E-state index contributed by atoms with van der Waals surface area (Å²) in [5.41, 5.74) is 5.62. The van der Waals surface area contributed by atoms with Crippen LogP contribution in [-0.2, 0) is 13.3 Å². The maximum atomic E-state index is 5.17. The highest BCUT2D eigenvalue weighted by Crippen LogP contribution is 2.13. The summed E-state index contributed by atoms with van der Waals surface area (Å²) in [5.74, 6) is 0. The summed E-state index contributed by atoms with van der Waals surface area (Å²) in [6.07, 6.45) is 1.03. The van der Waals surface area contributed by atoms with Gasteiger partial charge in [-0.25, -0.2) is 0 Å². The molecular weight excluding hydrogens is 359 g/mol. The van der Waals surface area contributed by atoms with Crippen molar-refractivity contribution in [3.05, 3.63) is 0 Å². The van der Waals surface area contributed by atoms with Crippen LogP contribution in [0.15, 0.2) is 0 Å². The summed E-state index contributed by atoms with van der Waals surface area (Å²) in [6, 6.07) is 0.885. The second-order valence-corrected chi connectivity index (χ2v) is 5.54. The lowest BCUT2D eigenvalue weighted by molar-refractivity contribution is 0.123. The van der Waals surface area contributed by atoms with E-state index < -0.39 is 8.80 Å². The molecule has 2 N–H and O–H groups in total. The van der Waals surface area contributed by atoms with E-state index in [0.29, 0.717) is 0 Å². The Morgan fingerprint density at radius 1 is 0.947 bits per heavy atom. The van der Waals surface area contributed by atoms with Crippen molar-refractivity contribution < 1.29 is 13.3 Å². The molecule has 4 nitrogen and oxygen atoms in total. The lowest BCUT2D eigenvalue weighted by atomic mass is 10.6. The summed E-state index contributed by atoms with van der Waals surface area (Å²) >= 11 is 4.05. The van der Waals surface area contributed by atoms with Gasteiger partial charge in [0.15, 0.2) is 0 Å². The summed E-state index contributed by atoms with van der Waals surface area (Å²) in [7, 11) is 2.68. The molecule has 0 aromatic heterocycles. The first-order valence-electron chi connectivity index (χ1n) is 3.97. The third-order valence-electron chi connectivity index (χ3n) is 1.49. The minimum absolute atomic E-state index is 0. The van der Waals surface area contributed by atoms with Gasteiger partial charge in [0.05, 0.1) is 5.49 Å².